The van der Waals surface area contributed by atoms with Gasteiger partial charge in [-0.25, -0.2) is 4.79 Å². The van der Waals surface area contributed by atoms with Crippen LogP contribution in [-0.2, 0) is 9.53 Å². The molecule has 0 N–H and O–H groups in total. The zero-order chi connectivity index (χ0) is 12.2. The summed E-state index contributed by atoms with van der Waals surface area (Å²) in [5.74, 6) is -0.885. The van der Waals surface area contributed by atoms with Crippen LogP contribution >= 0.6 is 31.9 Å². The van der Waals surface area contributed by atoms with Gasteiger partial charge in [-0.05, 0) is 31.9 Å². The monoisotopic (exact) mass is 343 g/mol. The van der Waals surface area contributed by atoms with Crippen LogP contribution in [0.4, 0.5) is 0 Å². The second-order valence-corrected chi connectivity index (χ2v) is 6.67. The molecular weight excluding hydrogens is 334 g/mol. The van der Waals surface area contributed by atoms with Crippen LogP contribution in [0.5, 0.6) is 0 Å². The van der Waals surface area contributed by atoms with Crippen molar-refractivity contribution in [2.45, 2.75) is 26.8 Å². The Hall–Kier alpha value is -0.430. The summed E-state index contributed by atoms with van der Waals surface area (Å²) in [6, 6.07) is -1.38. The second kappa shape index (κ2) is 5.60. The van der Waals surface area contributed by atoms with Gasteiger partial charge in [0.25, 0.3) is 0 Å². The van der Waals surface area contributed by atoms with Gasteiger partial charge in [-0.15, -0.1) is 0 Å². The molecule has 0 aliphatic heterocycles. The maximum Gasteiger partial charge on any atom is 0.387 e. The van der Waals surface area contributed by atoms with Crippen LogP contribution in [0.1, 0.15) is 20.8 Å². The minimum Gasteiger partial charge on any atom is -0.428 e. The van der Waals surface area contributed by atoms with Gasteiger partial charge < -0.3 is 4.74 Å². The van der Waals surface area contributed by atoms with Crippen LogP contribution in [0.25, 0.3) is 0 Å². The summed E-state index contributed by atoms with van der Waals surface area (Å²) in [6.07, 6.45) is 1.06. The van der Waals surface area contributed by atoms with Crippen LogP contribution in [0.15, 0.2) is 9.65 Å². The first kappa shape index (κ1) is 14.6. The molecule has 0 aromatic heterocycles. The Balaban J connectivity index is 4.74. The van der Waals surface area contributed by atoms with Crippen molar-refractivity contribution in [3.8, 4) is 0 Å². The van der Waals surface area contributed by atoms with Crippen molar-refractivity contribution in [3.63, 3.8) is 0 Å². The van der Waals surface area contributed by atoms with Crippen LogP contribution in [0.3, 0.4) is 0 Å². The van der Waals surface area contributed by atoms with Gasteiger partial charge in [-0.2, -0.15) is 0 Å². The predicted molar refractivity (Wildman–Crippen MR) is 62.3 cm³/mol. The fraction of sp³-hybridized carbons (Fsp3) is 0.625. The minimum atomic E-state index is -1.38. The Morgan fingerprint density at radius 3 is 2.20 bits per heavy atom. The molecule has 0 aliphatic rings. The lowest BCUT2D eigenvalue weighted by Gasteiger charge is -2.20. The molecule has 0 saturated heterocycles. The first-order valence-corrected chi connectivity index (χ1v) is 5.60. The number of halogens is 2. The molecule has 5 nitrogen and oxygen atoms in total. The molecule has 1 atom stereocenters. The minimum absolute atomic E-state index is 0.402. The second-order valence-electron chi connectivity index (χ2n) is 3.90. The average molecular weight is 345 g/mol. The van der Waals surface area contributed by atoms with Crippen molar-refractivity contribution < 1.29 is 14.5 Å². The van der Waals surface area contributed by atoms with Gasteiger partial charge in [0, 0.05) is 10.3 Å². The van der Waals surface area contributed by atoms with E-state index in [9.17, 15) is 14.9 Å². The van der Waals surface area contributed by atoms with Crippen LogP contribution in [-0.4, -0.2) is 16.9 Å². The van der Waals surface area contributed by atoms with Crippen molar-refractivity contribution in [1.82, 2.24) is 0 Å². The van der Waals surface area contributed by atoms with Gasteiger partial charge >= 0.3 is 12.0 Å². The highest BCUT2D eigenvalue weighted by atomic mass is 79.9. The molecule has 0 saturated carbocycles. The maximum absolute atomic E-state index is 11.4. The third-order valence-electron chi connectivity index (χ3n) is 1.52. The first-order valence-electron chi connectivity index (χ1n) is 4.01. The molecule has 0 amide bonds. The van der Waals surface area contributed by atoms with E-state index in [1.807, 2.05) is 0 Å². The highest BCUT2D eigenvalue weighted by Crippen LogP contribution is 2.23. The number of nitrogens with zero attached hydrogens (tertiary/aromatic N) is 1. The highest BCUT2D eigenvalue weighted by molar-refractivity contribution is 9.28. The van der Waals surface area contributed by atoms with Gasteiger partial charge in [0.15, 0.2) is 0 Å². The van der Waals surface area contributed by atoms with Crippen molar-refractivity contribution >= 4 is 37.8 Å². The molecule has 0 radical (unpaired) electrons. The molecule has 0 aliphatic carbocycles. The molecule has 1 unspecified atom stereocenters. The molecule has 0 aromatic rings. The molecule has 0 fully saturated rings. The summed E-state index contributed by atoms with van der Waals surface area (Å²) < 4.78 is 5.02. The van der Waals surface area contributed by atoms with E-state index in [4.69, 9.17) is 0 Å². The lowest BCUT2D eigenvalue weighted by Crippen LogP contribution is -2.41. The smallest absolute Gasteiger partial charge is 0.387 e. The molecule has 7 heteroatoms. The number of ether oxygens (including phenoxy) is 1. The van der Waals surface area contributed by atoms with E-state index in [1.165, 1.54) is 0 Å². The lowest BCUT2D eigenvalue weighted by atomic mass is 9.87. The van der Waals surface area contributed by atoms with E-state index in [0.717, 1.165) is 6.26 Å². The van der Waals surface area contributed by atoms with Gasteiger partial charge in [0.1, 0.15) is 6.26 Å². The normalized spacial score (nSPS) is 12.9. The SMILES string of the molecule is CC(C)(C)C(C(=O)OC=C(Br)Br)[N+](=O)[O-]. The summed E-state index contributed by atoms with van der Waals surface area (Å²) in [5.41, 5.74) is -0.785. The highest BCUT2D eigenvalue weighted by Gasteiger charge is 2.43. The number of hydrogen-bond acceptors (Lipinski definition) is 4. The van der Waals surface area contributed by atoms with Crippen LogP contribution in [0, 0.1) is 15.5 Å². The molecule has 0 bridgehead atoms. The fourth-order valence-corrected chi connectivity index (χ4v) is 1.11. The zero-order valence-electron chi connectivity index (χ0n) is 8.49. The molecule has 0 heterocycles. The van der Waals surface area contributed by atoms with E-state index in [1.54, 1.807) is 20.8 Å². The molecule has 0 rings (SSSR count). The molecule has 0 spiro atoms. The number of carbonyl (C=O) groups excluding carboxylic acids is 1. The number of rotatable bonds is 3. The van der Waals surface area contributed by atoms with Gasteiger partial charge in [-0.1, -0.05) is 20.8 Å². The summed E-state index contributed by atoms with van der Waals surface area (Å²) in [5, 5.41) is 10.7. The predicted octanol–water partition coefficient (Wildman–Crippen LogP) is 2.81. The van der Waals surface area contributed by atoms with Crippen molar-refractivity contribution in [3.05, 3.63) is 19.8 Å². The third-order valence-corrected chi connectivity index (χ3v) is 1.89. The topological polar surface area (TPSA) is 69.4 Å². The Bertz CT molecular complexity index is 292. The number of esters is 1. The van der Waals surface area contributed by atoms with Gasteiger partial charge in [0.2, 0.25) is 0 Å². The zero-order valence-corrected chi connectivity index (χ0v) is 11.7. The molecular formula is C8H11Br2NO4. The standard InChI is InChI=1S/C8H11Br2NO4/c1-8(2,3)6(11(13)14)7(12)15-4-5(9)10/h4,6H,1-3H3. The van der Waals surface area contributed by atoms with Crippen molar-refractivity contribution in [2.24, 2.45) is 5.41 Å². The Morgan fingerprint density at radius 1 is 1.47 bits per heavy atom. The quantitative estimate of drug-likeness (QED) is 0.341. The summed E-state index contributed by atoms with van der Waals surface area (Å²) in [6.45, 7) is 4.82. The molecule has 15 heavy (non-hydrogen) atoms. The Morgan fingerprint density at radius 2 is 1.93 bits per heavy atom. The van der Waals surface area contributed by atoms with Gasteiger partial charge in [-0.3, -0.25) is 10.1 Å². The van der Waals surface area contributed by atoms with Crippen molar-refractivity contribution in [2.75, 3.05) is 0 Å². The Labute approximate surface area is 104 Å². The lowest BCUT2D eigenvalue weighted by molar-refractivity contribution is -0.526. The Kier molecular flexibility index (Phi) is 5.44. The number of hydrogen-bond donors (Lipinski definition) is 0. The average Bonchev–Trinajstić information content (AvgIpc) is 1.96. The largest absolute Gasteiger partial charge is 0.428 e. The molecule has 0 aromatic carbocycles. The number of carbonyl (C=O) groups is 1. The van der Waals surface area contributed by atoms with E-state index in [0.29, 0.717) is 3.39 Å². The number of nitro groups is 1. The molecule has 86 valence electrons. The third kappa shape index (κ3) is 5.27. The van der Waals surface area contributed by atoms with Crippen LogP contribution < -0.4 is 0 Å². The van der Waals surface area contributed by atoms with E-state index in [2.05, 4.69) is 36.6 Å². The van der Waals surface area contributed by atoms with E-state index >= 15 is 0 Å². The van der Waals surface area contributed by atoms with E-state index in [-0.39, 0.29) is 0 Å². The maximum atomic E-state index is 11.4. The van der Waals surface area contributed by atoms with Crippen LogP contribution in [0.2, 0.25) is 0 Å². The summed E-state index contributed by atoms with van der Waals surface area (Å²) >= 11 is 5.94. The van der Waals surface area contributed by atoms with Gasteiger partial charge in [0.05, 0.1) is 3.39 Å². The van der Waals surface area contributed by atoms with Crippen molar-refractivity contribution in [1.29, 1.82) is 0 Å². The summed E-state index contributed by atoms with van der Waals surface area (Å²) in [4.78, 5) is 21.4. The van der Waals surface area contributed by atoms with E-state index < -0.39 is 22.3 Å². The summed E-state index contributed by atoms with van der Waals surface area (Å²) in [7, 11) is 0. The first-order chi connectivity index (χ1) is 6.66. The fourth-order valence-electron chi connectivity index (χ4n) is 0.923.